The lowest BCUT2D eigenvalue weighted by Gasteiger charge is -2.16. The topological polar surface area (TPSA) is 72.2 Å². The Labute approximate surface area is 130 Å². The van der Waals surface area contributed by atoms with Crippen molar-refractivity contribution in [2.75, 3.05) is 6.54 Å². The minimum atomic E-state index is -0.498. The average Bonchev–Trinajstić information content (AvgIpc) is 2.56. The number of carbonyl (C=O) groups is 2. The molecule has 4 nitrogen and oxygen atoms in total. The second-order valence-electron chi connectivity index (χ2n) is 5.17. The standard InChI is InChI=1S/C18H20N2O2/c1-2-13(14-6-4-3-5-7-14)12-20-18(22)16-10-8-15(9-11-16)17(19)21/h3-11,13H,2,12H2,1H3,(H2,19,21)(H,20,22)/t13-/m0/s1. The summed E-state index contributed by atoms with van der Waals surface area (Å²) in [6, 6.07) is 16.5. The highest BCUT2D eigenvalue weighted by molar-refractivity contribution is 5.97. The number of amides is 2. The van der Waals surface area contributed by atoms with Crippen LogP contribution in [0, 0.1) is 0 Å². The maximum absolute atomic E-state index is 12.2. The number of primary amides is 1. The van der Waals surface area contributed by atoms with E-state index in [1.807, 2.05) is 18.2 Å². The highest BCUT2D eigenvalue weighted by Crippen LogP contribution is 2.18. The van der Waals surface area contributed by atoms with Crippen LogP contribution in [-0.2, 0) is 0 Å². The molecule has 0 unspecified atom stereocenters. The van der Waals surface area contributed by atoms with Crippen molar-refractivity contribution in [1.82, 2.24) is 5.32 Å². The van der Waals surface area contributed by atoms with Crippen molar-refractivity contribution >= 4 is 11.8 Å². The van der Waals surface area contributed by atoms with Crippen LogP contribution in [0.15, 0.2) is 54.6 Å². The van der Waals surface area contributed by atoms with E-state index < -0.39 is 5.91 Å². The van der Waals surface area contributed by atoms with E-state index in [0.29, 0.717) is 17.7 Å². The number of nitrogens with one attached hydrogen (secondary N) is 1. The lowest BCUT2D eigenvalue weighted by molar-refractivity contribution is 0.0948. The molecule has 2 rings (SSSR count). The molecule has 114 valence electrons. The summed E-state index contributed by atoms with van der Waals surface area (Å²) in [6.07, 6.45) is 0.949. The van der Waals surface area contributed by atoms with Gasteiger partial charge in [0.2, 0.25) is 5.91 Å². The first kappa shape index (κ1) is 15.8. The van der Waals surface area contributed by atoms with E-state index in [1.54, 1.807) is 24.3 Å². The Hall–Kier alpha value is -2.62. The maximum atomic E-state index is 12.2. The third-order valence-corrected chi connectivity index (χ3v) is 3.70. The Balaban J connectivity index is 1.98. The van der Waals surface area contributed by atoms with Crippen molar-refractivity contribution in [3.8, 4) is 0 Å². The van der Waals surface area contributed by atoms with Crippen molar-refractivity contribution in [3.63, 3.8) is 0 Å². The molecule has 0 saturated heterocycles. The molecule has 0 saturated carbocycles. The molecule has 0 aliphatic carbocycles. The van der Waals surface area contributed by atoms with Crippen LogP contribution in [-0.4, -0.2) is 18.4 Å². The summed E-state index contributed by atoms with van der Waals surface area (Å²) >= 11 is 0. The summed E-state index contributed by atoms with van der Waals surface area (Å²) in [6.45, 7) is 2.68. The Bertz CT molecular complexity index is 636. The van der Waals surface area contributed by atoms with Gasteiger partial charge in [-0.05, 0) is 36.2 Å². The molecule has 0 aliphatic heterocycles. The molecular formula is C18H20N2O2. The quantitative estimate of drug-likeness (QED) is 0.860. The van der Waals surface area contributed by atoms with Crippen molar-refractivity contribution in [3.05, 3.63) is 71.3 Å². The van der Waals surface area contributed by atoms with Gasteiger partial charge in [-0.2, -0.15) is 0 Å². The fourth-order valence-corrected chi connectivity index (χ4v) is 2.33. The van der Waals surface area contributed by atoms with Crippen LogP contribution in [0.5, 0.6) is 0 Å². The zero-order valence-electron chi connectivity index (χ0n) is 12.6. The van der Waals surface area contributed by atoms with Gasteiger partial charge >= 0.3 is 0 Å². The molecule has 3 N–H and O–H groups in total. The van der Waals surface area contributed by atoms with Crippen molar-refractivity contribution in [2.45, 2.75) is 19.3 Å². The Morgan fingerprint density at radius 2 is 1.59 bits per heavy atom. The first-order valence-corrected chi connectivity index (χ1v) is 7.34. The summed E-state index contributed by atoms with van der Waals surface area (Å²) in [5.41, 5.74) is 7.32. The molecule has 0 fully saturated rings. The van der Waals surface area contributed by atoms with Gasteiger partial charge in [0, 0.05) is 23.6 Å². The lowest BCUT2D eigenvalue weighted by Crippen LogP contribution is -2.28. The van der Waals surface area contributed by atoms with Crippen LogP contribution < -0.4 is 11.1 Å². The zero-order chi connectivity index (χ0) is 15.9. The first-order valence-electron chi connectivity index (χ1n) is 7.34. The number of rotatable bonds is 6. The van der Waals surface area contributed by atoms with Gasteiger partial charge in [-0.3, -0.25) is 9.59 Å². The SMILES string of the molecule is CC[C@@H](CNC(=O)c1ccc(C(N)=O)cc1)c1ccccc1. The van der Waals surface area contributed by atoms with E-state index in [2.05, 4.69) is 24.4 Å². The van der Waals surface area contributed by atoms with Gasteiger partial charge in [0.05, 0.1) is 0 Å². The maximum Gasteiger partial charge on any atom is 0.251 e. The molecular weight excluding hydrogens is 276 g/mol. The Kier molecular flexibility index (Phi) is 5.31. The molecule has 0 spiro atoms. The highest BCUT2D eigenvalue weighted by Gasteiger charge is 2.12. The van der Waals surface area contributed by atoms with Crippen LogP contribution in [0.25, 0.3) is 0 Å². The van der Waals surface area contributed by atoms with Crippen molar-refractivity contribution in [2.24, 2.45) is 5.73 Å². The molecule has 4 heteroatoms. The monoisotopic (exact) mass is 296 g/mol. The summed E-state index contributed by atoms with van der Waals surface area (Å²) in [5, 5.41) is 2.94. The minimum absolute atomic E-state index is 0.148. The molecule has 0 bridgehead atoms. The molecule has 0 heterocycles. The van der Waals surface area contributed by atoms with Gasteiger partial charge in [-0.1, -0.05) is 37.3 Å². The predicted octanol–water partition coefficient (Wildman–Crippen LogP) is 2.71. The molecule has 22 heavy (non-hydrogen) atoms. The van der Waals surface area contributed by atoms with E-state index in [0.717, 1.165) is 6.42 Å². The van der Waals surface area contributed by atoms with E-state index in [9.17, 15) is 9.59 Å². The number of hydrogen-bond donors (Lipinski definition) is 2. The third kappa shape index (κ3) is 3.95. The number of benzene rings is 2. The van der Waals surface area contributed by atoms with E-state index in [1.165, 1.54) is 5.56 Å². The normalized spacial score (nSPS) is 11.7. The number of carbonyl (C=O) groups excluding carboxylic acids is 2. The van der Waals surface area contributed by atoms with Crippen LogP contribution in [0.1, 0.15) is 45.5 Å². The largest absolute Gasteiger partial charge is 0.366 e. The van der Waals surface area contributed by atoms with Crippen LogP contribution in [0.3, 0.4) is 0 Å². The summed E-state index contributed by atoms with van der Waals surface area (Å²) in [5.74, 6) is -0.359. The molecule has 0 radical (unpaired) electrons. The molecule has 1 atom stereocenters. The number of hydrogen-bond acceptors (Lipinski definition) is 2. The van der Waals surface area contributed by atoms with E-state index in [4.69, 9.17) is 5.73 Å². The molecule has 2 aromatic rings. The molecule has 0 aromatic heterocycles. The van der Waals surface area contributed by atoms with Gasteiger partial charge in [0.15, 0.2) is 0 Å². The molecule has 2 aromatic carbocycles. The van der Waals surface area contributed by atoms with E-state index in [-0.39, 0.29) is 11.8 Å². The Morgan fingerprint density at radius 3 is 2.14 bits per heavy atom. The van der Waals surface area contributed by atoms with Crippen molar-refractivity contribution in [1.29, 1.82) is 0 Å². The zero-order valence-corrected chi connectivity index (χ0v) is 12.6. The molecule has 2 amide bonds. The van der Waals surface area contributed by atoms with Crippen LogP contribution in [0.2, 0.25) is 0 Å². The van der Waals surface area contributed by atoms with Gasteiger partial charge in [-0.25, -0.2) is 0 Å². The van der Waals surface area contributed by atoms with Gasteiger partial charge in [0.25, 0.3) is 5.91 Å². The second-order valence-corrected chi connectivity index (χ2v) is 5.17. The highest BCUT2D eigenvalue weighted by atomic mass is 16.2. The summed E-state index contributed by atoms with van der Waals surface area (Å²) in [7, 11) is 0. The van der Waals surface area contributed by atoms with Gasteiger partial charge < -0.3 is 11.1 Å². The second kappa shape index (κ2) is 7.41. The minimum Gasteiger partial charge on any atom is -0.366 e. The molecule has 0 aliphatic rings. The smallest absolute Gasteiger partial charge is 0.251 e. The van der Waals surface area contributed by atoms with E-state index >= 15 is 0 Å². The lowest BCUT2D eigenvalue weighted by atomic mass is 9.96. The fourth-order valence-electron chi connectivity index (χ4n) is 2.33. The summed E-state index contributed by atoms with van der Waals surface area (Å²) < 4.78 is 0. The van der Waals surface area contributed by atoms with Crippen molar-refractivity contribution < 1.29 is 9.59 Å². The van der Waals surface area contributed by atoms with Gasteiger partial charge in [-0.15, -0.1) is 0 Å². The van der Waals surface area contributed by atoms with Gasteiger partial charge in [0.1, 0.15) is 0 Å². The number of nitrogens with two attached hydrogens (primary N) is 1. The average molecular weight is 296 g/mol. The predicted molar refractivity (Wildman–Crippen MR) is 86.8 cm³/mol. The first-order chi connectivity index (χ1) is 10.6. The summed E-state index contributed by atoms with van der Waals surface area (Å²) in [4.78, 5) is 23.2. The van der Waals surface area contributed by atoms with Crippen LogP contribution >= 0.6 is 0 Å². The Morgan fingerprint density at radius 1 is 1.00 bits per heavy atom. The van der Waals surface area contributed by atoms with Crippen LogP contribution in [0.4, 0.5) is 0 Å². The third-order valence-electron chi connectivity index (χ3n) is 3.70. The fraction of sp³-hybridized carbons (Fsp3) is 0.222.